The highest BCUT2D eigenvalue weighted by molar-refractivity contribution is 6.13. The van der Waals surface area contributed by atoms with E-state index in [0.717, 1.165) is 63.9 Å². The van der Waals surface area contributed by atoms with E-state index in [1.807, 2.05) is 0 Å². The van der Waals surface area contributed by atoms with Gasteiger partial charge < -0.3 is 34.0 Å². The highest BCUT2D eigenvalue weighted by Crippen LogP contribution is 2.47. The maximum atomic E-state index is 7.23. The van der Waals surface area contributed by atoms with E-state index in [4.69, 9.17) is 14.2 Å². The van der Waals surface area contributed by atoms with Gasteiger partial charge >= 0.3 is 0 Å². The molecule has 0 saturated carbocycles. The summed E-state index contributed by atoms with van der Waals surface area (Å²) in [6.07, 6.45) is 0. The van der Waals surface area contributed by atoms with Crippen LogP contribution in [0.3, 0.4) is 0 Å². The van der Waals surface area contributed by atoms with Crippen LogP contribution in [0.15, 0.2) is 133 Å². The zero-order valence-electron chi connectivity index (χ0n) is 34.5. The van der Waals surface area contributed by atoms with Gasteiger partial charge in [0.1, 0.15) is 24.7 Å². The van der Waals surface area contributed by atoms with Crippen LogP contribution in [-0.4, -0.2) is 97.7 Å². The van der Waals surface area contributed by atoms with Gasteiger partial charge in [-0.05, 0) is 46.5 Å². The summed E-state index contributed by atoms with van der Waals surface area (Å²) in [7, 11) is 0. The minimum atomic E-state index is 0.0761. The molecule has 0 amide bonds. The van der Waals surface area contributed by atoms with Gasteiger partial charge in [-0.3, -0.25) is 9.80 Å². The van der Waals surface area contributed by atoms with Gasteiger partial charge in [-0.25, -0.2) is 0 Å². The predicted octanol–water partition coefficient (Wildman–Crippen LogP) is 8.48. The molecule has 2 fully saturated rings. The molecule has 12 rings (SSSR count). The summed E-state index contributed by atoms with van der Waals surface area (Å²) in [6.45, 7) is 10.1. The fourth-order valence-electron chi connectivity index (χ4n) is 11.1. The van der Waals surface area contributed by atoms with Gasteiger partial charge in [0.05, 0.1) is 59.4 Å². The zero-order chi connectivity index (χ0) is 40.3. The second-order valence-electron chi connectivity index (χ2n) is 17.1. The number of rotatable bonds is 10. The Hall–Kier alpha value is -5.68. The number of nitrogens with zero attached hydrogens (tertiary/aromatic N) is 4. The first-order valence-electron chi connectivity index (χ1n) is 22.3. The summed E-state index contributed by atoms with van der Waals surface area (Å²) in [5.74, 6) is 1.92. The van der Waals surface area contributed by atoms with Crippen LogP contribution in [0.2, 0.25) is 0 Å². The van der Waals surface area contributed by atoms with Crippen LogP contribution in [0.1, 0.15) is 46.4 Å². The Balaban J connectivity index is 0.949. The molecule has 6 heterocycles. The lowest BCUT2D eigenvalue weighted by molar-refractivity contribution is 0.0152. The number of ether oxygens (including phenoxy) is 3. The van der Waals surface area contributed by atoms with E-state index < -0.39 is 0 Å². The molecule has 4 aliphatic rings. The molecule has 0 radical (unpaired) electrons. The Morgan fingerprint density at radius 1 is 0.492 bits per heavy atom. The largest absolute Gasteiger partial charge is 0.489 e. The lowest BCUT2D eigenvalue weighted by atomic mass is 9.97. The molecule has 2 saturated heterocycles. The molecular formula is C52H52N6O3. The molecule has 0 spiro atoms. The number of fused-ring (bicyclic) bond motifs is 6. The summed E-state index contributed by atoms with van der Waals surface area (Å²) in [5, 5.41) is 12.3. The van der Waals surface area contributed by atoms with Crippen LogP contribution in [0.25, 0.3) is 43.6 Å². The van der Waals surface area contributed by atoms with Crippen molar-refractivity contribution in [1.82, 2.24) is 29.6 Å². The van der Waals surface area contributed by atoms with E-state index in [-0.39, 0.29) is 24.2 Å². The van der Waals surface area contributed by atoms with E-state index in [9.17, 15) is 0 Å². The summed E-state index contributed by atoms with van der Waals surface area (Å²) < 4.78 is 25.4. The summed E-state index contributed by atoms with van der Waals surface area (Å²) >= 11 is 0. The maximum absolute atomic E-state index is 7.23. The highest BCUT2D eigenvalue weighted by atomic mass is 16.5. The van der Waals surface area contributed by atoms with Crippen LogP contribution >= 0.6 is 0 Å². The maximum Gasteiger partial charge on any atom is 0.143 e. The van der Waals surface area contributed by atoms with E-state index in [2.05, 4.69) is 163 Å². The summed E-state index contributed by atoms with van der Waals surface area (Å²) in [5.41, 5.74) is 10.1. The average molecular weight is 809 g/mol. The van der Waals surface area contributed by atoms with E-state index >= 15 is 0 Å². The van der Waals surface area contributed by atoms with Crippen LogP contribution in [-0.2, 0) is 4.74 Å². The van der Waals surface area contributed by atoms with Crippen molar-refractivity contribution in [2.45, 2.75) is 24.2 Å². The number of aromatic nitrogens is 2. The minimum Gasteiger partial charge on any atom is -0.489 e. The minimum absolute atomic E-state index is 0.0761. The lowest BCUT2D eigenvalue weighted by Gasteiger charge is -2.38. The first-order valence-corrected chi connectivity index (χ1v) is 22.3. The molecular weight excluding hydrogens is 757 g/mol. The number of para-hydroxylation sites is 2. The first kappa shape index (κ1) is 37.1. The van der Waals surface area contributed by atoms with Crippen molar-refractivity contribution in [3.63, 3.8) is 0 Å². The normalized spacial score (nSPS) is 20.5. The highest BCUT2D eigenvalue weighted by Gasteiger charge is 2.34. The topological polar surface area (TPSA) is 68.1 Å². The number of nitrogens with one attached hydrogen (secondary N) is 2. The van der Waals surface area contributed by atoms with Crippen molar-refractivity contribution in [3.8, 4) is 11.5 Å². The van der Waals surface area contributed by atoms with Gasteiger partial charge in [-0.2, -0.15) is 0 Å². The third-order valence-corrected chi connectivity index (χ3v) is 13.9. The molecule has 4 aliphatic heterocycles. The molecule has 61 heavy (non-hydrogen) atoms. The molecule has 0 aliphatic carbocycles. The molecule has 308 valence electrons. The second-order valence-corrected chi connectivity index (χ2v) is 17.1. The average Bonchev–Trinajstić information content (AvgIpc) is 3.86. The van der Waals surface area contributed by atoms with Crippen molar-refractivity contribution in [3.05, 3.63) is 156 Å². The Kier molecular flexibility index (Phi) is 9.52. The van der Waals surface area contributed by atoms with Crippen LogP contribution in [0.4, 0.5) is 0 Å². The molecule has 0 bridgehead atoms. The molecule has 9 nitrogen and oxygen atoms in total. The number of hydrogen-bond acceptors (Lipinski definition) is 7. The predicted molar refractivity (Wildman–Crippen MR) is 244 cm³/mol. The van der Waals surface area contributed by atoms with Gasteiger partial charge in [0.15, 0.2) is 0 Å². The van der Waals surface area contributed by atoms with Gasteiger partial charge in [0.25, 0.3) is 0 Å². The number of benzene rings is 6. The van der Waals surface area contributed by atoms with Crippen molar-refractivity contribution in [1.29, 1.82) is 0 Å². The molecule has 2 N–H and O–H groups in total. The molecule has 6 aromatic carbocycles. The van der Waals surface area contributed by atoms with E-state index in [1.165, 1.54) is 65.9 Å². The van der Waals surface area contributed by atoms with Crippen molar-refractivity contribution >= 4 is 43.6 Å². The first-order chi connectivity index (χ1) is 30.3. The van der Waals surface area contributed by atoms with Crippen LogP contribution in [0.5, 0.6) is 11.5 Å². The van der Waals surface area contributed by atoms with Crippen molar-refractivity contribution in [2.24, 2.45) is 0 Å². The Bertz CT molecular complexity index is 2660. The third kappa shape index (κ3) is 6.24. The summed E-state index contributed by atoms with van der Waals surface area (Å²) in [6, 6.07) is 49.0. The van der Waals surface area contributed by atoms with Gasteiger partial charge in [-0.15, -0.1) is 0 Å². The van der Waals surface area contributed by atoms with Crippen LogP contribution in [0, 0.1) is 0 Å². The molecule has 4 atom stereocenters. The smallest absolute Gasteiger partial charge is 0.143 e. The standard InChI is InChI=1S/C52H52N6O3/c1-3-11-35(12-4-1)43-33-60-47-21-9-17-39-49-37(15-7-19-41(49)57(43)51(39)47)45(55-27-23-53-24-28-55)31-59-32-46(56-29-25-54-26-30-56)38-16-8-20-42-50(38)40-18-10-22-48-52(40)58(42)44(34-61-48)36-13-5-2-6-14-36/h1-22,43-46,53-54H,23-34H2. The van der Waals surface area contributed by atoms with E-state index in [1.54, 1.807) is 0 Å². The Morgan fingerprint density at radius 3 is 1.36 bits per heavy atom. The molecule has 4 unspecified atom stereocenters. The number of piperazine rings is 2. The van der Waals surface area contributed by atoms with Crippen molar-refractivity contribution < 1.29 is 14.2 Å². The molecule has 9 heteroatoms. The second kappa shape index (κ2) is 15.7. The SMILES string of the molecule is c1ccc(C2COc3cccc4c5c(C(COCC(c6cccc7c6c6cccc8c6n7C(c6ccccc6)CO8)N6CCNCC6)N6CCNCC6)cccc5n2c34)cc1. The molecule has 2 aromatic heterocycles. The quantitative estimate of drug-likeness (QED) is 0.144. The molecule has 8 aromatic rings. The monoisotopic (exact) mass is 808 g/mol. The van der Waals surface area contributed by atoms with E-state index in [0.29, 0.717) is 26.4 Å². The van der Waals surface area contributed by atoms with Gasteiger partial charge in [-0.1, -0.05) is 109 Å². The van der Waals surface area contributed by atoms with Gasteiger partial charge in [0.2, 0.25) is 0 Å². The van der Waals surface area contributed by atoms with Crippen molar-refractivity contribution in [2.75, 3.05) is 78.8 Å². The lowest BCUT2D eigenvalue weighted by Crippen LogP contribution is -2.47. The fourth-order valence-corrected chi connectivity index (χ4v) is 11.1. The number of hydrogen-bond donors (Lipinski definition) is 2. The van der Waals surface area contributed by atoms with Gasteiger partial charge in [0, 0.05) is 73.9 Å². The third-order valence-electron chi connectivity index (χ3n) is 13.9. The Labute approximate surface area is 356 Å². The Morgan fingerprint density at radius 2 is 0.918 bits per heavy atom. The fraction of sp³-hybridized carbons (Fsp3) is 0.308. The zero-order valence-corrected chi connectivity index (χ0v) is 34.5. The van der Waals surface area contributed by atoms with Crippen LogP contribution < -0.4 is 20.1 Å². The summed E-state index contributed by atoms with van der Waals surface area (Å²) in [4.78, 5) is 5.30.